The van der Waals surface area contributed by atoms with E-state index in [1.165, 1.54) is 0 Å². The molecule has 0 N–H and O–H groups in total. The van der Waals surface area contributed by atoms with E-state index in [1.54, 1.807) is 18.2 Å². The van der Waals surface area contributed by atoms with Gasteiger partial charge in [0.25, 0.3) is 0 Å². The lowest BCUT2D eigenvalue weighted by molar-refractivity contribution is 0.0775. The Morgan fingerprint density at radius 3 is 2.81 bits per heavy atom. The lowest BCUT2D eigenvalue weighted by Crippen LogP contribution is -2.12. The highest BCUT2D eigenvalue weighted by atomic mass is 35.5. The Kier molecular flexibility index (Phi) is 3.85. The summed E-state index contributed by atoms with van der Waals surface area (Å²) in [6, 6.07) is 4.96. The quantitative estimate of drug-likeness (QED) is 0.773. The van der Waals surface area contributed by atoms with Crippen LogP contribution in [0.15, 0.2) is 18.2 Å². The van der Waals surface area contributed by atoms with Gasteiger partial charge in [0.2, 0.25) is 0 Å². The van der Waals surface area contributed by atoms with E-state index in [0.29, 0.717) is 22.0 Å². The second-order valence-electron chi connectivity index (χ2n) is 3.89. The number of rotatable bonds is 3. The van der Waals surface area contributed by atoms with E-state index >= 15 is 0 Å². The smallest absolute Gasteiger partial charge is 0.165 e. The molecule has 0 aliphatic carbocycles. The standard InChI is InChI=1S/C12H12Cl2O2/c13-10-4-3-8(6-11(10)14)12(15)7-9-2-1-5-16-9/h3-4,6,9H,1-2,5,7H2. The van der Waals surface area contributed by atoms with Gasteiger partial charge >= 0.3 is 0 Å². The molecule has 0 spiro atoms. The van der Waals surface area contributed by atoms with E-state index in [1.807, 2.05) is 0 Å². The van der Waals surface area contributed by atoms with Gasteiger partial charge < -0.3 is 4.74 Å². The van der Waals surface area contributed by atoms with Crippen molar-refractivity contribution in [1.29, 1.82) is 0 Å². The normalized spacial score (nSPS) is 20.0. The number of carbonyl (C=O) groups excluding carboxylic acids is 1. The van der Waals surface area contributed by atoms with Gasteiger partial charge in [0.1, 0.15) is 0 Å². The van der Waals surface area contributed by atoms with E-state index in [0.717, 1.165) is 19.4 Å². The molecule has 1 aliphatic heterocycles. The molecule has 0 aromatic heterocycles. The van der Waals surface area contributed by atoms with Crippen LogP contribution in [-0.2, 0) is 4.74 Å². The average Bonchev–Trinajstić information content (AvgIpc) is 2.74. The maximum Gasteiger partial charge on any atom is 0.165 e. The Morgan fingerprint density at radius 1 is 1.38 bits per heavy atom. The first kappa shape index (κ1) is 11.9. The molecule has 1 fully saturated rings. The summed E-state index contributed by atoms with van der Waals surface area (Å²) >= 11 is 11.6. The average molecular weight is 259 g/mol. The predicted molar refractivity (Wildman–Crippen MR) is 64.4 cm³/mol. The summed E-state index contributed by atoms with van der Waals surface area (Å²) in [5, 5.41) is 0.884. The summed E-state index contributed by atoms with van der Waals surface area (Å²) in [6.45, 7) is 0.763. The summed E-state index contributed by atoms with van der Waals surface area (Å²) < 4.78 is 5.42. The Morgan fingerprint density at radius 2 is 2.19 bits per heavy atom. The fourth-order valence-corrected chi connectivity index (χ4v) is 2.10. The number of hydrogen-bond acceptors (Lipinski definition) is 2. The van der Waals surface area contributed by atoms with Crippen LogP contribution in [0.2, 0.25) is 10.0 Å². The Bertz CT molecular complexity index is 398. The molecule has 2 rings (SSSR count). The molecular weight excluding hydrogens is 247 g/mol. The minimum Gasteiger partial charge on any atom is -0.378 e. The molecule has 0 bridgehead atoms. The van der Waals surface area contributed by atoms with Crippen molar-refractivity contribution in [3.63, 3.8) is 0 Å². The first-order valence-electron chi connectivity index (χ1n) is 5.26. The van der Waals surface area contributed by atoms with Crippen molar-refractivity contribution >= 4 is 29.0 Å². The lowest BCUT2D eigenvalue weighted by Gasteiger charge is -2.08. The summed E-state index contributed by atoms with van der Waals surface area (Å²) in [5.74, 6) is 0.0606. The largest absolute Gasteiger partial charge is 0.378 e. The fraction of sp³-hybridized carbons (Fsp3) is 0.417. The van der Waals surface area contributed by atoms with Crippen molar-refractivity contribution in [2.45, 2.75) is 25.4 Å². The molecule has 0 saturated carbocycles. The molecule has 1 aromatic rings. The predicted octanol–water partition coefficient (Wildman–Crippen LogP) is 3.75. The maximum atomic E-state index is 11.9. The first-order chi connectivity index (χ1) is 7.66. The van der Waals surface area contributed by atoms with Crippen LogP contribution in [0.4, 0.5) is 0 Å². The summed E-state index contributed by atoms with van der Waals surface area (Å²) in [7, 11) is 0. The Labute approximate surface area is 104 Å². The van der Waals surface area contributed by atoms with E-state index in [-0.39, 0.29) is 11.9 Å². The highest BCUT2D eigenvalue weighted by Crippen LogP contribution is 2.24. The number of benzene rings is 1. The summed E-state index contributed by atoms with van der Waals surface area (Å²) in [5.41, 5.74) is 0.602. The second-order valence-corrected chi connectivity index (χ2v) is 4.71. The molecule has 16 heavy (non-hydrogen) atoms. The van der Waals surface area contributed by atoms with Crippen LogP contribution in [0, 0.1) is 0 Å². The van der Waals surface area contributed by atoms with Gasteiger partial charge in [-0.25, -0.2) is 0 Å². The molecule has 1 heterocycles. The van der Waals surface area contributed by atoms with Crippen molar-refractivity contribution in [1.82, 2.24) is 0 Å². The van der Waals surface area contributed by atoms with Gasteiger partial charge in [-0.15, -0.1) is 0 Å². The molecule has 1 saturated heterocycles. The molecule has 1 unspecified atom stereocenters. The van der Waals surface area contributed by atoms with E-state index in [9.17, 15) is 4.79 Å². The lowest BCUT2D eigenvalue weighted by atomic mass is 10.0. The molecule has 0 amide bonds. The first-order valence-corrected chi connectivity index (χ1v) is 6.02. The molecule has 1 aromatic carbocycles. The summed E-state index contributed by atoms with van der Waals surface area (Å²) in [6.07, 6.45) is 2.51. The monoisotopic (exact) mass is 258 g/mol. The van der Waals surface area contributed by atoms with E-state index < -0.39 is 0 Å². The van der Waals surface area contributed by atoms with Crippen LogP contribution in [-0.4, -0.2) is 18.5 Å². The van der Waals surface area contributed by atoms with Crippen LogP contribution in [0.5, 0.6) is 0 Å². The van der Waals surface area contributed by atoms with Gasteiger partial charge in [-0.1, -0.05) is 23.2 Å². The van der Waals surface area contributed by atoms with Gasteiger partial charge in [-0.05, 0) is 31.0 Å². The number of ketones is 1. The highest BCUT2D eigenvalue weighted by molar-refractivity contribution is 6.42. The van der Waals surface area contributed by atoms with Gasteiger partial charge in [0.15, 0.2) is 5.78 Å². The molecule has 86 valence electrons. The minimum absolute atomic E-state index is 0.0606. The van der Waals surface area contributed by atoms with Gasteiger partial charge in [0, 0.05) is 18.6 Å². The number of ether oxygens (including phenoxy) is 1. The van der Waals surface area contributed by atoms with Crippen molar-refractivity contribution in [3.05, 3.63) is 33.8 Å². The summed E-state index contributed by atoms with van der Waals surface area (Å²) in [4.78, 5) is 11.9. The van der Waals surface area contributed by atoms with Crippen molar-refractivity contribution in [3.8, 4) is 0 Å². The number of hydrogen-bond donors (Lipinski definition) is 0. The zero-order valence-corrected chi connectivity index (χ0v) is 10.2. The van der Waals surface area contributed by atoms with Crippen LogP contribution in [0.25, 0.3) is 0 Å². The molecular formula is C12H12Cl2O2. The van der Waals surface area contributed by atoms with Crippen LogP contribution >= 0.6 is 23.2 Å². The van der Waals surface area contributed by atoms with Crippen molar-refractivity contribution < 1.29 is 9.53 Å². The SMILES string of the molecule is O=C(CC1CCCO1)c1ccc(Cl)c(Cl)c1. The molecule has 2 nitrogen and oxygen atoms in total. The van der Waals surface area contributed by atoms with Gasteiger partial charge in [-0.3, -0.25) is 4.79 Å². The third-order valence-electron chi connectivity index (χ3n) is 2.68. The third kappa shape index (κ3) is 2.76. The van der Waals surface area contributed by atoms with E-state index in [4.69, 9.17) is 27.9 Å². The number of Topliss-reactive ketones (excluding diaryl/α,β-unsaturated/α-hetero) is 1. The van der Waals surface area contributed by atoms with Crippen LogP contribution in [0.1, 0.15) is 29.6 Å². The second kappa shape index (κ2) is 5.17. The van der Waals surface area contributed by atoms with Gasteiger partial charge in [0.05, 0.1) is 16.1 Å². The number of halogens is 2. The topological polar surface area (TPSA) is 26.3 Å². The van der Waals surface area contributed by atoms with Crippen molar-refractivity contribution in [2.75, 3.05) is 6.61 Å². The van der Waals surface area contributed by atoms with Crippen LogP contribution in [0.3, 0.4) is 0 Å². The Balaban J connectivity index is 2.05. The van der Waals surface area contributed by atoms with Crippen molar-refractivity contribution in [2.24, 2.45) is 0 Å². The zero-order chi connectivity index (χ0) is 11.5. The molecule has 4 heteroatoms. The van der Waals surface area contributed by atoms with Crippen LogP contribution < -0.4 is 0 Å². The fourth-order valence-electron chi connectivity index (χ4n) is 1.80. The maximum absolute atomic E-state index is 11.9. The minimum atomic E-state index is 0.0606. The zero-order valence-electron chi connectivity index (χ0n) is 8.71. The van der Waals surface area contributed by atoms with E-state index in [2.05, 4.69) is 0 Å². The van der Waals surface area contributed by atoms with Gasteiger partial charge in [-0.2, -0.15) is 0 Å². The molecule has 1 atom stereocenters. The Hall–Kier alpha value is -0.570. The molecule has 1 aliphatic rings. The molecule has 0 radical (unpaired) electrons. The number of carbonyl (C=O) groups is 1. The third-order valence-corrected chi connectivity index (χ3v) is 3.42. The highest BCUT2D eigenvalue weighted by Gasteiger charge is 2.20.